The van der Waals surface area contributed by atoms with Crippen molar-refractivity contribution in [3.05, 3.63) is 83.8 Å². The van der Waals surface area contributed by atoms with E-state index in [4.69, 9.17) is 0 Å². The Bertz CT molecular complexity index is 1200. The van der Waals surface area contributed by atoms with Gasteiger partial charge in [-0.15, -0.1) is 0 Å². The predicted octanol–water partition coefficient (Wildman–Crippen LogP) is 4.02. The zero-order chi connectivity index (χ0) is 21.8. The number of amides is 1. The number of aromatic hydroxyl groups is 1. The van der Waals surface area contributed by atoms with Gasteiger partial charge in [0.15, 0.2) is 5.82 Å². The Morgan fingerprint density at radius 1 is 1.26 bits per heavy atom. The molecule has 6 nitrogen and oxygen atoms in total. The van der Waals surface area contributed by atoms with Gasteiger partial charge < -0.3 is 19.5 Å². The van der Waals surface area contributed by atoms with Crippen LogP contribution in [0.15, 0.2) is 67.0 Å². The van der Waals surface area contributed by atoms with Crippen LogP contribution >= 0.6 is 0 Å². The summed E-state index contributed by atoms with van der Waals surface area (Å²) < 4.78 is 2.15. The Morgan fingerprint density at radius 3 is 2.87 bits per heavy atom. The SMILES string of the molecule is C=C(C)CN1c2cccnc2-n2cccc2[C@]12CCN(C(=O)c1ccc(C)c(O)c1)C2. The fourth-order valence-electron chi connectivity index (χ4n) is 4.93. The first-order valence-corrected chi connectivity index (χ1v) is 10.5. The summed E-state index contributed by atoms with van der Waals surface area (Å²) >= 11 is 0. The van der Waals surface area contributed by atoms with Crippen LogP contribution in [-0.4, -0.2) is 45.1 Å². The van der Waals surface area contributed by atoms with E-state index in [2.05, 4.69) is 33.2 Å². The molecule has 1 amide bonds. The van der Waals surface area contributed by atoms with Crippen molar-refractivity contribution < 1.29 is 9.90 Å². The normalized spacial score (nSPS) is 19.4. The number of carbonyl (C=O) groups excluding carboxylic acids is 1. The quantitative estimate of drug-likeness (QED) is 0.658. The molecule has 0 aliphatic carbocycles. The van der Waals surface area contributed by atoms with Gasteiger partial charge in [0.2, 0.25) is 0 Å². The van der Waals surface area contributed by atoms with Crippen LogP contribution in [0.5, 0.6) is 5.75 Å². The number of rotatable bonds is 3. The van der Waals surface area contributed by atoms with Crippen LogP contribution in [0.1, 0.15) is 35.0 Å². The van der Waals surface area contributed by atoms with Gasteiger partial charge in [-0.25, -0.2) is 4.98 Å². The molecular formula is C25H26N4O2. The van der Waals surface area contributed by atoms with Crippen molar-refractivity contribution in [1.29, 1.82) is 0 Å². The lowest BCUT2D eigenvalue weighted by Gasteiger charge is -2.47. The van der Waals surface area contributed by atoms with Crippen LogP contribution in [0.3, 0.4) is 0 Å². The van der Waals surface area contributed by atoms with E-state index < -0.39 is 0 Å². The molecule has 1 spiro atoms. The molecule has 2 aliphatic heterocycles. The average molecular weight is 415 g/mol. The largest absolute Gasteiger partial charge is 0.508 e. The number of phenols is 1. The number of pyridine rings is 1. The van der Waals surface area contributed by atoms with Crippen molar-refractivity contribution in [2.24, 2.45) is 0 Å². The highest BCUT2D eigenvalue weighted by Gasteiger charge is 2.50. The van der Waals surface area contributed by atoms with Crippen molar-refractivity contribution in [1.82, 2.24) is 14.5 Å². The summed E-state index contributed by atoms with van der Waals surface area (Å²) in [5.74, 6) is 0.996. The summed E-state index contributed by atoms with van der Waals surface area (Å²) in [7, 11) is 0. The third-order valence-corrected chi connectivity index (χ3v) is 6.45. The van der Waals surface area contributed by atoms with Crippen molar-refractivity contribution >= 4 is 11.6 Å². The van der Waals surface area contributed by atoms with E-state index in [1.165, 1.54) is 0 Å². The Labute approximate surface area is 182 Å². The zero-order valence-corrected chi connectivity index (χ0v) is 17.9. The number of aromatic nitrogens is 2. The molecule has 1 N–H and O–H groups in total. The van der Waals surface area contributed by atoms with Crippen LogP contribution in [-0.2, 0) is 5.54 Å². The molecule has 5 rings (SSSR count). The Hall–Kier alpha value is -3.54. The second kappa shape index (κ2) is 7.01. The summed E-state index contributed by atoms with van der Waals surface area (Å²) in [6, 6.07) is 13.4. The smallest absolute Gasteiger partial charge is 0.254 e. The molecule has 1 aromatic carbocycles. The monoisotopic (exact) mass is 414 g/mol. The van der Waals surface area contributed by atoms with Crippen molar-refractivity contribution in [3.63, 3.8) is 0 Å². The van der Waals surface area contributed by atoms with Gasteiger partial charge in [-0.05, 0) is 62.2 Å². The first-order chi connectivity index (χ1) is 14.9. The standard InChI is InChI=1S/C25H26N4O2/c1-17(2)15-29-20-6-4-11-26-23(20)28-12-5-7-22(28)25(29)10-13-27(16-25)24(31)19-9-8-18(3)21(30)14-19/h4-9,11-12,14,30H,1,10,13,15-16H2,2-3H3/t25-/m1/s1. The number of anilines is 1. The number of likely N-dealkylation sites (tertiary alicyclic amines) is 1. The van der Waals surface area contributed by atoms with Gasteiger partial charge in [-0.2, -0.15) is 0 Å². The Kier molecular flexibility index (Phi) is 4.39. The first kappa shape index (κ1) is 19.4. The number of hydrogen-bond donors (Lipinski definition) is 1. The minimum absolute atomic E-state index is 0.0578. The zero-order valence-electron chi connectivity index (χ0n) is 17.9. The molecule has 3 aromatic rings. The van der Waals surface area contributed by atoms with Gasteiger partial charge >= 0.3 is 0 Å². The van der Waals surface area contributed by atoms with Crippen LogP contribution in [0, 0.1) is 6.92 Å². The lowest BCUT2D eigenvalue weighted by molar-refractivity contribution is 0.0782. The molecule has 2 aliphatic rings. The average Bonchev–Trinajstić information content (AvgIpc) is 3.41. The van der Waals surface area contributed by atoms with Gasteiger partial charge in [0.25, 0.3) is 5.91 Å². The lowest BCUT2D eigenvalue weighted by Crippen LogP contribution is -2.53. The van der Waals surface area contributed by atoms with E-state index >= 15 is 0 Å². The van der Waals surface area contributed by atoms with E-state index in [9.17, 15) is 9.90 Å². The van der Waals surface area contributed by atoms with Crippen LogP contribution in [0.4, 0.5) is 5.69 Å². The Morgan fingerprint density at radius 2 is 2.10 bits per heavy atom. The number of benzene rings is 1. The Balaban J connectivity index is 1.57. The number of carbonyl (C=O) groups is 1. The summed E-state index contributed by atoms with van der Waals surface area (Å²) in [6.45, 7) is 9.91. The van der Waals surface area contributed by atoms with Crippen LogP contribution in [0.25, 0.3) is 5.82 Å². The second-order valence-corrected chi connectivity index (χ2v) is 8.66. The molecular weight excluding hydrogens is 388 g/mol. The molecule has 6 heteroatoms. The van der Waals surface area contributed by atoms with Gasteiger partial charge in [-0.1, -0.05) is 18.2 Å². The van der Waals surface area contributed by atoms with Gasteiger partial charge in [0.05, 0.1) is 11.4 Å². The summed E-state index contributed by atoms with van der Waals surface area (Å²) in [6.07, 6.45) is 4.67. The van der Waals surface area contributed by atoms with E-state index in [1.54, 1.807) is 18.2 Å². The van der Waals surface area contributed by atoms with Gasteiger partial charge in [0.1, 0.15) is 11.3 Å². The summed E-state index contributed by atoms with van der Waals surface area (Å²) in [5, 5.41) is 10.1. The van der Waals surface area contributed by atoms with Crippen LogP contribution < -0.4 is 4.90 Å². The van der Waals surface area contributed by atoms with E-state index in [0.717, 1.165) is 34.8 Å². The van der Waals surface area contributed by atoms with Crippen molar-refractivity contribution in [2.45, 2.75) is 25.8 Å². The molecule has 158 valence electrons. The summed E-state index contributed by atoms with van der Waals surface area (Å²) in [5.41, 5.74) is 4.16. The minimum Gasteiger partial charge on any atom is -0.508 e. The second-order valence-electron chi connectivity index (χ2n) is 8.66. The fraction of sp³-hybridized carbons (Fsp3) is 0.280. The van der Waals surface area contributed by atoms with Crippen molar-refractivity contribution in [2.75, 3.05) is 24.5 Å². The minimum atomic E-state index is -0.360. The molecule has 2 aromatic heterocycles. The maximum atomic E-state index is 13.3. The van der Waals surface area contributed by atoms with E-state index in [0.29, 0.717) is 25.2 Å². The molecule has 31 heavy (non-hydrogen) atoms. The molecule has 0 bridgehead atoms. The highest BCUT2D eigenvalue weighted by molar-refractivity contribution is 5.95. The van der Waals surface area contributed by atoms with Gasteiger partial charge in [0, 0.05) is 37.6 Å². The molecule has 4 heterocycles. The third kappa shape index (κ3) is 2.93. The number of nitrogens with zero attached hydrogens (tertiary/aromatic N) is 4. The molecule has 0 unspecified atom stereocenters. The molecule has 0 radical (unpaired) electrons. The lowest BCUT2D eigenvalue weighted by atomic mass is 9.88. The maximum absolute atomic E-state index is 13.3. The van der Waals surface area contributed by atoms with Crippen LogP contribution in [0.2, 0.25) is 0 Å². The molecule has 0 saturated carbocycles. The number of aryl methyl sites for hydroxylation is 1. The third-order valence-electron chi connectivity index (χ3n) is 6.45. The molecule has 1 atom stereocenters. The number of phenolic OH excluding ortho intramolecular Hbond substituents is 1. The van der Waals surface area contributed by atoms with E-state index in [-0.39, 0.29) is 17.2 Å². The first-order valence-electron chi connectivity index (χ1n) is 10.5. The highest BCUT2D eigenvalue weighted by atomic mass is 16.3. The molecule has 1 saturated heterocycles. The van der Waals surface area contributed by atoms with Gasteiger partial charge in [-0.3, -0.25) is 4.79 Å². The number of hydrogen-bond acceptors (Lipinski definition) is 4. The molecule has 1 fully saturated rings. The maximum Gasteiger partial charge on any atom is 0.254 e. The summed E-state index contributed by atoms with van der Waals surface area (Å²) in [4.78, 5) is 22.2. The topological polar surface area (TPSA) is 61.6 Å². The predicted molar refractivity (Wildman–Crippen MR) is 121 cm³/mol. The van der Waals surface area contributed by atoms with E-state index in [1.807, 2.05) is 43.3 Å². The van der Waals surface area contributed by atoms with Crippen molar-refractivity contribution in [3.8, 4) is 11.6 Å². The number of fused-ring (bicyclic) bond motifs is 4. The fourth-order valence-corrected chi connectivity index (χ4v) is 4.93. The highest BCUT2D eigenvalue weighted by Crippen LogP contribution is 2.47.